The number of anilines is 6. The number of carbonyl (C=O) groups excluding carboxylic acids is 4. The third-order valence-corrected chi connectivity index (χ3v) is 12.6. The fraction of sp³-hybridized carbons (Fsp3) is 0. The first-order valence-corrected chi connectivity index (χ1v) is 23.1. The van der Waals surface area contributed by atoms with Crippen LogP contribution >= 0.6 is 0 Å². The second-order valence-corrected chi connectivity index (χ2v) is 17.8. The molecule has 0 saturated heterocycles. The summed E-state index contributed by atoms with van der Waals surface area (Å²) in [6, 6.07) is 45.4. The van der Waals surface area contributed by atoms with E-state index in [0.29, 0.717) is 22.9 Å². The quantitative estimate of drug-likeness (QED) is 0.0580. The molecule has 0 aliphatic rings. The Balaban J connectivity index is 0.820. The van der Waals surface area contributed by atoms with Gasteiger partial charge in [-0.1, -0.05) is 97.1 Å². The van der Waals surface area contributed by atoms with E-state index in [1.165, 1.54) is 97.1 Å². The monoisotopic (exact) mass is 934 g/mol. The number of benzene rings is 8. The Labute approximate surface area is 383 Å². The predicted molar refractivity (Wildman–Crippen MR) is 258 cm³/mol. The van der Waals surface area contributed by atoms with E-state index in [1.54, 1.807) is 24.3 Å². The SMILES string of the molecule is O=C(Nc1ccccc1S(=O)(=O)NC(=O)Nc1ccc(Oc2ccc(NC(=O)NS(=O)(=O)c3ccccc3NC(=O)Nc3cccc4ccccc34)cc2)cc1)Nc1cccc2ccccc12. The molecule has 0 fully saturated rings. The summed E-state index contributed by atoms with van der Waals surface area (Å²) < 4.78 is 63.0. The van der Waals surface area contributed by atoms with Crippen LogP contribution in [0.25, 0.3) is 21.5 Å². The number of amides is 8. The molecule has 0 aliphatic carbocycles. The van der Waals surface area contributed by atoms with Crippen molar-refractivity contribution in [1.82, 2.24) is 9.44 Å². The summed E-state index contributed by atoms with van der Waals surface area (Å²) in [5.41, 5.74) is 1.37. The van der Waals surface area contributed by atoms with Gasteiger partial charge in [0.2, 0.25) is 0 Å². The van der Waals surface area contributed by atoms with E-state index in [-0.39, 0.29) is 32.5 Å². The van der Waals surface area contributed by atoms with Gasteiger partial charge in [0.1, 0.15) is 21.3 Å². The van der Waals surface area contributed by atoms with E-state index in [0.717, 1.165) is 21.5 Å². The van der Waals surface area contributed by atoms with Gasteiger partial charge in [-0.15, -0.1) is 0 Å². The molecule has 0 aromatic heterocycles. The number of nitrogens with one attached hydrogen (secondary N) is 8. The molecule has 8 N–H and O–H groups in total. The van der Waals surface area contributed by atoms with E-state index < -0.39 is 44.2 Å². The maximum atomic E-state index is 13.3. The Morgan fingerprint density at radius 3 is 1.07 bits per heavy atom. The largest absolute Gasteiger partial charge is 0.457 e. The van der Waals surface area contributed by atoms with Crippen LogP contribution in [0.3, 0.4) is 0 Å². The lowest BCUT2D eigenvalue weighted by Crippen LogP contribution is -2.35. The summed E-state index contributed by atoms with van der Waals surface area (Å²) in [5.74, 6) is 0.672. The number of ether oxygens (including phenoxy) is 1. The number of urea groups is 4. The number of hydrogen-bond acceptors (Lipinski definition) is 9. The summed E-state index contributed by atoms with van der Waals surface area (Å²) in [6.07, 6.45) is 0. The van der Waals surface area contributed by atoms with Gasteiger partial charge in [0, 0.05) is 22.1 Å². The first kappa shape index (κ1) is 44.7. The van der Waals surface area contributed by atoms with Crippen molar-refractivity contribution < 1.29 is 40.8 Å². The van der Waals surface area contributed by atoms with Crippen molar-refractivity contribution in [1.29, 1.82) is 0 Å². The van der Waals surface area contributed by atoms with Crippen molar-refractivity contribution in [3.05, 3.63) is 182 Å². The van der Waals surface area contributed by atoms with Gasteiger partial charge in [0.05, 0.1) is 22.7 Å². The molecular formula is C48H38N8O9S2. The Morgan fingerprint density at radius 1 is 0.328 bits per heavy atom. The van der Waals surface area contributed by atoms with Crippen LogP contribution in [0.15, 0.2) is 192 Å². The summed E-state index contributed by atoms with van der Waals surface area (Å²) in [5, 5.41) is 18.9. The second-order valence-electron chi connectivity index (χ2n) is 14.5. The summed E-state index contributed by atoms with van der Waals surface area (Å²) in [6.45, 7) is 0. The van der Waals surface area contributed by atoms with Gasteiger partial charge >= 0.3 is 24.1 Å². The van der Waals surface area contributed by atoms with Gasteiger partial charge in [-0.3, -0.25) is 0 Å². The number of hydrogen-bond donors (Lipinski definition) is 8. The zero-order valence-electron chi connectivity index (χ0n) is 34.8. The van der Waals surface area contributed by atoms with E-state index in [1.807, 2.05) is 70.1 Å². The fourth-order valence-electron chi connectivity index (χ4n) is 6.85. The third-order valence-electron chi connectivity index (χ3n) is 9.84. The number of fused-ring (bicyclic) bond motifs is 2. The minimum atomic E-state index is -4.47. The zero-order valence-corrected chi connectivity index (χ0v) is 36.4. The molecule has 336 valence electrons. The Bertz CT molecular complexity index is 3170. The maximum absolute atomic E-state index is 13.3. The highest BCUT2D eigenvalue weighted by atomic mass is 32.2. The third kappa shape index (κ3) is 11.1. The molecule has 0 unspecified atom stereocenters. The molecule has 0 spiro atoms. The van der Waals surface area contributed by atoms with Crippen molar-refractivity contribution in [2.75, 3.05) is 31.9 Å². The topological polar surface area (TPSA) is 242 Å². The summed E-state index contributed by atoms with van der Waals surface area (Å²) >= 11 is 0. The van der Waals surface area contributed by atoms with Crippen molar-refractivity contribution in [3.63, 3.8) is 0 Å². The molecule has 0 bridgehead atoms. The molecule has 0 radical (unpaired) electrons. The minimum absolute atomic E-state index is 0.0609. The number of carbonyl (C=O) groups is 4. The Kier molecular flexibility index (Phi) is 13.0. The lowest BCUT2D eigenvalue weighted by molar-refractivity contribution is 0.255. The van der Waals surface area contributed by atoms with Crippen LogP contribution in [-0.2, 0) is 20.0 Å². The number of sulfonamides is 2. The van der Waals surface area contributed by atoms with Crippen LogP contribution in [0.4, 0.5) is 53.3 Å². The lowest BCUT2D eigenvalue weighted by Gasteiger charge is -2.14. The molecule has 0 heterocycles. The van der Waals surface area contributed by atoms with Gasteiger partial charge in [0.15, 0.2) is 0 Å². The average molecular weight is 935 g/mol. The highest BCUT2D eigenvalue weighted by Crippen LogP contribution is 2.28. The van der Waals surface area contributed by atoms with E-state index in [9.17, 15) is 36.0 Å². The smallest absolute Gasteiger partial charge is 0.333 e. The molecule has 8 aromatic carbocycles. The van der Waals surface area contributed by atoms with Crippen LogP contribution in [-0.4, -0.2) is 41.0 Å². The molecule has 0 saturated carbocycles. The first-order chi connectivity index (χ1) is 32.3. The second kappa shape index (κ2) is 19.4. The molecule has 0 aliphatic heterocycles. The molecule has 8 rings (SSSR count). The summed E-state index contributed by atoms with van der Waals surface area (Å²) in [4.78, 5) is 51.0. The number of para-hydroxylation sites is 2. The van der Waals surface area contributed by atoms with Gasteiger partial charge < -0.3 is 36.6 Å². The first-order valence-electron chi connectivity index (χ1n) is 20.1. The highest BCUT2D eigenvalue weighted by Gasteiger charge is 2.24. The average Bonchev–Trinajstić information content (AvgIpc) is 3.30. The Hall–Kier alpha value is -8.94. The van der Waals surface area contributed by atoms with E-state index >= 15 is 0 Å². The van der Waals surface area contributed by atoms with Crippen LogP contribution in [0.1, 0.15) is 0 Å². The maximum Gasteiger partial charge on any atom is 0.333 e. The fourth-order valence-corrected chi connectivity index (χ4v) is 8.99. The van der Waals surface area contributed by atoms with Crippen LogP contribution in [0.5, 0.6) is 11.5 Å². The molecule has 0 atom stereocenters. The molecule has 19 heteroatoms. The minimum Gasteiger partial charge on any atom is -0.457 e. The normalized spacial score (nSPS) is 11.2. The summed E-state index contributed by atoms with van der Waals surface area (Å²) in [7, 11) is -8.94. The highest BCUT2D eigenvalue weighted by molar-refractivity contribution is 7.90. The standard InChI is InChI=1S/C48H38N8O9S2/c57-45(51-39-19-9-13-31-11-1-3-15-37(31)39)53-41-17-5-7-21-43(41)66(61,62)55-47(59)49-33-23-27-35(28-24-33)65-36-29-25-34(26-30-36)50-48(60)56-67(63,64)44-22-8-6-18-42(44)54-46(58)52-40-20-10-14-32-12-2-4-16-38(32)40/h1-30H,(H2,49,55,59)(H2,50,56,60)(H2,51,53,57)(H2,52,54,58). The molecule has 67 heavy (non-hydrogen) atoms. The molecule has 17 nitrogen and oxygen atoms in total. The Morgan fingerprint density at radius 2 is 0.657 bits per heavy atom. The van der Waals surface area contributed by atoms with Crippen LogP contribution in [0.2, 0.25) is 0 Å². The van der Waals surface area contributed by atoms with Crippen molar-refractivity contribution in [2.24, 2.45) is 0 Å². The molecular weight excluding hydrogens is 897 g/mol. The van der Waals surface area contributed by atoms with Crippen LogP contribution in [0, 0.1) is 0 Å². The molecule has 8 amide bonds. The number of rotatable bonds is 12. The predicted octanol–water partition coefficient (Wildman–Crippen LogP) is 10.1. The van der Waals surface area contributed by atoms with Gasteiger partial charge in [-0.2, -0.15) is 0 Å². The van der Waals surface area contributed by atoms with Gasteiger partial charge in [-0.05, 0) is 95.7 Å². The van der Waals surface area contributed by atoms with Crippen LogP contribution < -0.4 is 46.1 Å². The van der Waals surface area contributed by atoms with E-state index in [2.05, 4.69) is 31.9 Å². The molecule has 8 aromatic rings. The zero-order chi connectivity index (χ0) is 47.0. The lowest BCUT2D eigenvalue weighted by atomic mass is 10.1. The van der Waals surface area contributed by atoms with E-state index in [4.69, 9.17) is 4.74 Å². The van der Waals surface area contributed by atoms with Gasteiger partial charge in [0.25, 0.3) is 20.0 Å². The van der Waals surface area contributed by atoms with Crippen molar-refractivity contribution in [3.8, 4) is 11.5 Å². The van der Waals surface area contributed by atoms with Crippen molar-refractivity contribution >= 4 is 99.8 Å². The van der Waals surface area contributed by atoms with Gasteiger partial charge in [-0.25, -0.2) is 45.5 Å². The van der Waals surface area contributed by atoms with Crippen molar-refractivity contribution in [2.45, 2.75) is 9.79 Å².